The van der Waals surface area contributed by atoms with Gasteiger partial charge in [-0.3, -0.25) is 4.98 Å². The second kappa shape index (κ2) is 6.01. The van der Waals surface area contributed by atoms with Crippen LogP contribution >= 0.6 is 0 Å². The lowest BCUT2D eigenvalue weighted by Gasteiger charge is -2.22. The van der Waals surface area contributed by atoms with Crippen molar-refractivity contribution in [2.45, 2.75) is 53.1 Å². The van der Waals surface area contributed by atoms with Crippen molar-refractivity contribution in [2.24, 2.45) is 0 Å². The Kier molecular flexibility index (Phi) is 4.94. The third kappa shape index (κ3) is 5.18. The third-order valence-electron chi connectivity index (χ3n) is 2.50. The number of aromatic nitrogens is 1. The first-order valence-corrected chi connectivity index (χ1v) is 6.37. The first-order chi connectivity index (χ1) is 7.92. The van der Waals surface area contributed by atoms with Crippen molar-refractivity contribution in [1.82, 2.24) is 10.3 Å². The molecular formula is C14H25N3. The molecular weight excluding hydrogens is 210 g/mol. The third-order valence-corrected chi connectivity index (χ3v) is 2.50. The fraction of sp³-hybridized carbons (Fsp3) is 0.643. The van der Waals surface area contributed by atoms with Gasteiger partial charge in [0.2, 0.25) is 0 Å². The van der Waals surface area contributed by atoms with Crippen LogP contribution in [0.3, 0.4) is 0 Å². The minimum atomic E-state index is 0.132. The molecule has 0 aliphatic rings. The highest BCUT2D eigenvalue weighted by molar-refractivity contribution is 5.51. The smallest absolute Gasteiger partial charge is 0.0419 e. The Bertz CT molecular complexity index is 353. The molecule has 3 heteroatoms. The van der Waals surface area contributed by atoms with Gasteiger partial charge in [-0.25, -0.2) is 0 Å². The highest BCUT2D eigenvalue weighted by Gasteiger charge is 2.10. The second-order valence-corrected chi connectivity index (χ2v) is 5.51. The molecule has 2 N–H and O–H groups in total. The van der Waals surface area contributed by atoms with Gasteiger partial charge in [-0.15, -0.1) is 0 Å². The van der Waals surface area contributed by atoms with E-state index in [1.807, 2.05) is 13.1 Å². The molecule has 0 unspecified atom stereocenters. The van der Waals surface area contributed by atoms with Crippen LogP contribution in [0.2, 0.25) is 0 Å². The molecule has 1 heterocycles. The topological polar surface area (TPSA) is 37.0 Å². The summed E-state index contributed by atoms with van der Waals surface area (Å²) in [5.74, 6) is 0. The Hall–Kier alpha value is -1.09. The molecule has 0 fully saturated rings. The fourth-order valence-corrected chi connectivity index (χ4v) is 1.51. The van der Waals surface area contributed by atoms with Gasteiger partial charge in [0.05, 0.1) is 0 Å². The second-order valence-electron chi connectivity index (χ2n) is 5.51. The Labute approximate surface area is 105 Å². The van der Waals surface area contributed by atoms with Gasteiger partial charge in [0, 0.05) is 41.8 Å². The zero-order valence-electron chi connectivity index (χ0n) is 11.7. The molecule has 1 aromatic heterocycles. The van der Waals surface area contributed by atoms with E-state index in [2.05, 4.69) is 49.4 Å². The summed E-state index contributed by atoms with van der Waals surface area (Å²) in [6, 6.07) is 2.12. The molecule has 17 heavy (non-hydrogen) atoms. The van der Waals surface area contributed by atoms with Gasteiger partial charge in [0.1, 0.15) is 0 Å². The summed E-state index contributed by atoms with van der Waals surface area (Å²) in [4.78, 5) is 4.37. The van der Waals surface area contributed by atoms with Gasteiger partial charge in [-0.05, 0) is 40.2 Å². The maximum absolute atomic E-state index is 4.37. The zero-order valence-corrected chi connectivity index (χ0v) is 11.7. The van der Waals surface area contributed by atoms with Crippen LogP contribution in [0.25, 0.3) is 0 Å². The van der Waals surface area contributed by atoms with E-state index in [-0.39, 0.29) is 5.54 Å². The van der Waals surface area contributed by atoms with Crippen LogP contribution in [0.5, 0.6) is 0 Å². The van der Waals surface area contributed by atoms with E-state index in [0.717, 1.165) is 25.2 Å². The van der Waals surface area contributed by atoms with Crippen LogP contribution in [0, 0.1) is 6.92 Å². The summed E-state index contributed by atoms with van der Waals surface area (Å²) >= 11 is 0. The van der Waals surface area contributed by atoms with E-state index in [1.165, 1.54) is 11.3 Å². The van der Waals surface area contributed by atoms with Crippen molar-refractivity contribution in [3.05, 3.63) is 23.5 Å². The molecule has 1 aromatic rings. The SMILES string of the molecule is CCCNc1cc(C)ncc1CNC(C)(C)C. The van der Waals surface area contributed by atoms with Crippen LogP contribution in [-0.2, 0) is 6.54 Å². The number of rotatable bonds is 5. The van der Waals surface area contributed by atoms with Gasteiger partial charge >= 0.3 is 0 Å². The lowest BCUT2D eigenvalue weighted by Crippen LogP contribution is -2.35. The fourth-order valence-electron chi connectivity index (χ4n) is 1.51. The van der Waals surface area contributed by atoms with Crippen molar-refractivity contribution < 1.29 is 0 Å². The predicted octanol–water partition coefficient (Wildman–Crippen LogP) is 3.10. The number of nitrogens with one attached hydrogen (secondary N) is 2. The van der Waals surface area contributed by atoms with Gasteiger partial charge < -0.3 is 10.6 Å². The highest BCUT2D eigenvalue weighted by atomic mass is 15.0. The predicted molar refractivity (Wildman–Crippen MR) is 74.3 cm³/mol. The maximum atomic E-state index is 4.37. The number of aryl methyl sites for hydroxylation is 1. The van der Waals surface area contributed by atoms with E-state index in [1.54, 1.807) is 0 Å². The molecule has 0 bridgehead atoms. The Balaban J connectivity index is 2.75. The monoisotopic (exact) mass is 235 g/mol. The zero-order chi connectivity index (χ0) is 12.9. The van der Waals surface area contributed by atoms with Gasteiger partial charge in [-0.1, -0.05) is 6.92 Å². The van der Waals surface area contributed by atoms with Crippen LogP contribution in [-0.4, -0.2) is 17.1 Å². The molecule has 0 saturated carbocycles. The largest absolute Gasteiger partial charge is 0.385 e. The highest BCUT2D eigenvalue weighted by Crippen LogP contribution is 2.16. The van der Waals surface area contributed by atoms with Crippen LogP contribution in [0.15, 0.2) is 12.3 Å². The summed E-state index contributed by atoms with van der Waals surface area (Å²) in [6.07, 6.45) is 3.10. The van der Waals surface area contributed by atoms with E-state index in [4.69, 9.17) is 0 Å². The first kappa shape index (κ1) is 14.0. The number of hydrogen-bond acceptors (Lipinski definition) is 3. The van der Waals surface area contributed by atoms with Crippen LogP contribution in [0.1, 0.15) is 45.4 Å². The summed E-state index contributed by atoms with van der Waals surface area (Å²) in [5, 5.41) is 6.95. The minimum Gasteiger partial charge on any atom is -0.385 e. The normalized spacial score (nSPS) is 11.6. The summed E-state index contributed by atoms with van der Waals surface area (Å²) in [5.41, 5.74) is 3.63. The van der Waals surface area contributed by atoms with Gasteiger partial charge in [0.25, 0.3) is 0 Å². The molecule has 1 rings (SSSR count). The average Bonchev–Trinajstić information content (AvgIpc) is 2.23. The summed E-state index contributed by atoms with van der Waals surface area (Å²) < 4.78 is 0. The number of anilines is 1. The lowest BCUT2D eigenvalue weighted by molar-refractivity contribution is 0.424. The quantitative estimate of drug-likeness (QED) is 0.823. The number of nitrogens with zero attached hydrogens (tertiary/aromatic N) is 1. The Morgan fingerprint density at radius 3 is 2.59 bits per heavy atom. The Morgan fingerprint density at radius 2 is 2.00 bits per heavy atom. The molecule has 3 nitrogen and oxygen atoms in total. The van der Waals surface area contributed by atoms with Crippen molar-refractivity contribution in [3.8, 4) is 0 Å². The first-order valence-electron chi connectivity index (χ1n) is 6.37. The van der Waals surface area contributed by atoms with Crippen LogP contribution < -0.4 is 10.6 Å². The molecule has 0 radical (unpaired) electrons. The number of pyridine rings is 1. The van der Waals surface area contributed by atoms with Gasteiger partial charge in [-0.2, -0.15) is 0 Å². The average molecular weight is 235 g/mol. The van der Waals surface area contributed by atoms with E-state index < -0.39 is 0 Å². The van der Waals surface area contributed by atoms with Gasteiger partial charge in [0.15, 0.2) is 0 Å². The molecule has 0 saturated heterocycles. The molecule has 0 aromatic carbocycles. The summed E-state index contributed by atoms with van der Waals surface area (Å²) in [6.45, 7) is 12.6. The Morgan fingerprint density at radius 1 is 1.29 bits per heavy atom. The van der Waals surface area contributed by atoms with E-state index in [0.29, 0.717) is 0 Å². The molecule has 96 valence electrons. The van der Waals surface area contributed by atoms with Crippen molar-refractivity contribution in [2.75, 3.05) is 11.9 Å². The summed E-state index contributed by atoms with van der Waals surface area (Å²) in [7, 11) is 0. The standard InChI is InChI=1S/C14H25N3/c1-6-7-15-13-8-11(2)16-9-12(13)10-17-14(3,4)5/h8-9,17H,6-7,10H2,1-5H3,(H,15,16). The maximum Gasteiger partial charge on any atom is 0.0419 e. The van der Waals surface area contributed by atoms with Crippen molar-refractivity contribution >= 4 is 5.69 Å². The molecule has 0 amide bonds. The van der Waals surface area contributed by atoms with Crippen LogP contribution in [0.4, 0.5) is 5.69 Å². The van der Waals surface area contributed by atoms with Crippen molar-refractivity contribution in [3.63, 3.8) is 0 Å². The molecule has 0 spiro atoms. The molecule has 0 atom stereocenters. The molecule has 0 aliphatic heterocycles. The minimum absolute atomic E-state index is 0.132. The number of hydrogen-bond donors (Lipinski definition) is 2. The van der Waals surface area contributed by atoms with E-state index >= 15 is 0 Å². The van der Waals surface area contributed by atoms with Crippen molar-refractivity contribution in [1.29, 1.82) is 0 Å². The van der Waals surface area contributed by atoms with E-state index in [9.17, 15) is 0 Å². The molecule has 0 aliphatic carbocycles. The lowest BCUT2D eigenvalue weighted by atomic mass is 10.1.